The molecular formula is C13H19NO3S. The zero-order valence-electron chi connectivity index (χ0n) is 10.4. The molecule has 100 valence electrons. The van der Waals surface area contributed by atoms with Gasteiger partial charge in [0, 0.05) is 12.6 Å². The van der Waals surface area contributed by atoms with Crippen molar-refractivity contribution >= 4 is 16.1 Å². The van der Waals surface area contributed by atoms with Gasteiger partial charge >= 0.3 is 0 Å². The van der Waals surface area contributed by atoms with E-state index in [4.69, 9.17) is 0 Å². The molecule has 4 nitrogen and oxygen atoms in total. The highest BCUT2D eigenvalue weighted by Crippen LogP contribution is 2.11. The van der Waals surface area contributed by atoms with E-state index in [1.54, 1.807) is 12.1 Å². The first-order valence-electron chi connectivity index (χ1n) is 6.24. The molecule has 0 amide bonds. The predicted octanol–water partition coefficient (Wildman–Crippen LogP) is 2.39. The Morgan fingerprint density at radius 3 is 2.44 bits per heavy atom. The van der Waals surface area contributed by atoms with Crippen molar-refractivity contribution in [2.24, 2.45) is 0 Å². The summed E-state index contributed by atoms with van der Waals surface area (Å²) in [5.74, 6) is 0.150. The van der Waals surface area contributed by atoms with Crippen LogP contribution in [0.2, 0.25) is 0 Å². The van der Waals surface area contributed by atoms with Gasteiger partial charge in [-0.05, 0) is 25.0 Å². The van der Waals surface area contributed by atoms with Crippen LogP contribution in [-0.4, -0.2) is 25.4 Å². The minimum absolute atomic E-state index is 0.150. The van der Waals surface area contributed by atoms with Crippen LogP contribution in [0.1, 0.15) is 38.5 Å². The summed E-state index contributed by atoms with van der Waals surface area (Å²) >= 11 is 0. The number of carbonyl (C=O) groups is 1. The number of nitrogens with zero attached hydrogens (tertiary/aromatic N) is 1. The highest BCUT2D eigenvalue weighted by atomic mass is 32.2. The molecule has 1 aromatic rings. The number of unbranched alkanes of at least 4 members (excludes halogenated alkanes) is 5. The van der Waals surface area contributed by atoms with Crippen molar-refractivity contribution in [3.05, 3.63) is 24.4 Å². The van der Waals surface area contributed by atoms with Crippen LogP contribution in [0.15, 0.2) is 29.4 Å². The number of hydrogen-bond acceptors (Lipinski definition) is 4. The summed E-state index contributed by atoms with van der Waals surface area (Å²) < 4.78 is 23.7. The average molecular weight is 269 g/mol. The van der Waals surface area contributed by atoms with Gasteiger partial charge in [0.2, 0.25) is 0 Å². The fraction of sp³-hybridized carbons (Fsp3) is 0.538. The van der Waals surface area contributed by atoms with E-state index in [2.05, 4.69) is 4.98 Å². The van der Waals surface area contributed by atoms with E-state index in [0.717, 1.165) is 32.0 Å². The predicted molar refractivity (Wildman–Crippen MR) is 70.1 cm³/mol. The van der Waals surface area contributed by atoms with E-state index in [1.807, 2.05) is 0 Å². The molecule has 0 unspecified atom stereocenters. The minimum Gasteiger partial charge on any atom is -0.303 e. The van der Waals surface area contributed by atoms with Crippen molar-refractivity contribution in [2.75, 3.05) is 5.75 Å². The summed E-state index contributed by atoms with van der Waals surface area (Å²) in [5.41, 5.74) is 0. The van der Waals surface area contributed by atoms with Crippen LogP contribution in [0, 0.1) is 0 Å². The second kappa shape index (κ2) is 7.97. The van der Waals surface area contributed by atoms with Gasteiger partial charge in [0.15, 0.2) is 14.9 Å². The van der Waals surface area contributed by atoms with E-state index in [9.17, 15) is 13.2 Å². The second-order valence-corrected chi connectivity index (χ2v) is 6.27. The molecule has 18 heavy (non-hydrogen) atoms. The molecule has 5 heteroatoms. The van der Waals surface area contributed by atoms with Gasteiger partial charge in [-0.2, -0.15) is 0 Å². The standard InChI is InChI=1S/C13H19NO3S/c15-11-7-3-1-2-4-8-12-18(16,17)13-9-5-6-10-14-13/h5-6,9-11H,1-4,7-8,12H2. The zero-order chi connectivity index (χ0) is 13.3. The fourth-order valence-electron chi connectivity index (χ4n) is 1.69. The Balaban J connectivity index is 2.25. The van der Waals surface area contributed by atoms with Crippen molar-refractivity contribution in [1.29, 1.82) is 0 Å². The topological polar surface area (TPSA) is 64.1 Å². The largest absolute Gasteiger partial charge is 0.303 e. The highest BCUT2D eigenvalue weighted by Gasteiger charge is 2.14. The summed E-state index contributed by atoms with van der Waals surface area (Å²) in [6.07, 6.45) is 7.42. The van der Waals surface area contributed by atoms with E-state index >= 15 is 0 Å². The second-order valence-electron chi connectivity index (χ2n) is 4.21. The minimum atomic E-state index is -3.22. The van der Waals surface area contributed by atoms with Crippen LogP contribution >= 0.6 is 0 Å². The van der Waals surface area contributed by atoms with Gasteiger partial charge in [0.25, 0.3) is 0 Å². The van der Waals surface area contributed by atoms with Crippen LogP contribution in [0.4, 0.5) is 0 Å². The fourth-order valence-corrected chi connectivity index (χ4v) is 2.99. The van der Waals surface area contributed by atoms with Crippen molar-refractivity contribution in [3.63, 3.8) is 0 Å². The molecule has 0 radical (unpaired) electrons. The maximum atomic E-state index is 11.9. The third-order valence-corrected chi connectivity index (χ3v) is 4.40. The molecule has 1 heterocycles. The summed E-state index contributed by atoms with van der Waals surface area (Å²) in [6, 6.07) is 4.91. The Morgan fingerprint density at radius 2 is 1.78 bits per heavy atom. The Kier molecular flexibility index (Phi) is 6.57. The van der Waals surface area contributed by atoms with Crippen LogP contribution < -0.4 is 0 Å². The number of pyridine rings is 1. The first-order valence-corrected chi connectivity index (χ1v) is 7.89. The maximum absolute atomic E-state index is 11.9. The van der Waals surface area contributed by atoms with Crippen LogP contribution in [-0.2, 0) is 14.6 Å². The highest BCUT2D eigenvalue weighted by molar-refractivity contribution is 7.91. The molecule has 0 saturated carbocycles. The smallest absolute Gasteiger partial charge is 0.195 e. The Labute approximate surface area is 108 Å². The van der Waals surface area contributed by atoms with Gasteiger partial charge < -0.3 is 4.79 Å². The van der Waals surface area contributed by atoms with Crippen LogP contribution in [0.5, 0.6) is 0 Å². The SMILES string of the molecule is O=CCCCCCCCS(=O)(=O)c1ccccn1. The molecule has 0 fully saturated rings. The molecule has 0 spiro atoms. The molecule has 1 aromatic heterocycles. The van der Waals surface area contributed by atoms with Gasteiger partial charge in [0.1, 0.15) is 6.29 Å². The first-order chi connectivity index (χ1) is 8.67. The first kappa shape index (κ1) is 14.8. The molecule has 0 saturated heterocycles. The Bertz CT molecular complexity index is 443. The van der Waals surface area contributed by atoms with Crippen LogP contribution in [0.3, 0.4) is 0 Å². The Hall–Kier alpha value is -1.23. The molecule has 0 atom stereocenters. The van der Waals surface area contributed by atoms with Gasteiger partial charge in [0.05, 0.1) is 5.75 Å². The van der Waals surface area contributed by atoms with Gasteiger partial charge in [-0.3, -0.25) is 0 Å². The lowest BCUT2D eigenvalue weighted by molar-refractivity contribution is -0.107. The quantitative estimate of drug-likeness (QED) is 0.510. The molecule has 0 aliphatic rings. The third-order valence-electron chi connectivity index (χ3n) is 2.69. The van der Waals surface area contributed by atoms with E-state index in [1.165, 1.54) is 12.3 Å². The molecule has 0 N–H and O–H groups in total. The lowest BCUT2D eigenvalue weighted by atomic mass is 10.1. The van der Waals surface area contributed by atoms with Crippen molar-refractivity contribution < 1.29 is 13.2 Å². The number of aromatic nitrogens is 1. The monoisotopic (exact) mass is 269 g/mol. The lowest BCUT2D eigenvalue weighted by Crippen LogP contribution is -2.08. The molecular weight excluding hydrogens is 250 g/mol. The van der Waals surface area contributed by atoms with Crippen LogP contribution in [0.25, 0.3) is 0 Å². The normalized spacial score (nSPS) is 11.3. The van der Waals surface area contributed by atoms with Crippen molar-refractivity contribution in [2.45, 2.75) is 43.6 Å². The molecule has 1 rings (SSSR count). The van der Waals surface area contributed by atoms with Gasteiger partial charge in [-0.15, -0.1) is 0 Å². The summed E-state index contributed by atoms with van der Waals surface area (Å²) in [7, 11) is -3.22. The van der Waals surface area contributed by atoms with E-state index in [-0.39, 0.29) is 10.8 Å². The molecule has 0 aliphatic heterocycles. The number of sulfone groups is 1. The van der Waals surface area contributed by atoms with Crippen molar-refractivity contribution in [1.82, 2.24) is 4.98 Å². The lowest BCUT2D eigenvalue weighted by Gasteiger charge is -2.03. The number of aldehydes is 1. The number of hydrogen-bond donors (Lipinski definition) is 0. The summed E-state index contributed by atoms with van der Waals surface area (Å²) in [6.45, 7) is 0. The van der Waals surface area contributed by atoms with E-state index < -0.39 is 9.84 Å². The molecule has 0 aliphatic carbocycles. The van der Waals surface area contributed by atoms with Gasteiger partial charge in [-0.1, -0.05) is 25.3 Å². The summed E-state index contributed by atoms with van der Waals surface area (Å²) in [4.78, 5) is 14.0. The zero-order valence-corrected chi connectivity index (χ0v) is 11.2. The van der Waals surface area contributed by atoms with Gasteiger partial charge in [-0.25, -0.2) is 13.4 Å². The maximum Gasteiger partial charge on any atom is 0.195 e. The van der Waals surface area contributed by atoms with E-state index in [0.29, 0.717) is 12.8 Å². The molecule has 0 bridgehead atoms. The average Bonchev–Trinajstić information content (AvgIpc) is 2.39. The summed E-state index contributed by atoms with van der Waals surface area (Å²) in [5, 5.41) is 0.158. The third kappa shape index (κ3) is 5.40. The van der Waals surface area contributed by atoms with Crippen molar-refractivity contribution in [3.8, 4) is 0 Å². The Morgan fingerprint density at radius 1 is 1.06 bits per heavy atom. The number of carbonyl (C=O) groups excluding carboxylic acids is 1. The molecule has 0 aromatic carbocycles. The number of rotatable bonds is 9.